The molecule has 1 aliphatic heterocycles. The van der Waals surface area contributed by atoms with E-state index in [1.54, 1.807) is 0 Å². The van der Waals surface area contributed by atoms with Crippen LogP contribution in [-0.2, 0) is 32.2 Å². The number of nitrogens with zero attached hydrogens (tertiary/aromatic N) is 3. The van der Waals surface area contributed by atoms with Crippen LogP contribution in [0.4, 0.5) is 4.39 Å². The number of ether oxygens (including phenoxy) is 1. The quantitative estimate of drug-likeness (QED) is 0.229. The highest BCUT2D eigenvalue weighted by molar-refractivity contribution is 7.98. The maximum Gasteiger partial charge on any atom is 0.336 e. The molecule has 1 aromatic heterocycles. The van der Waals surface area contributed by atoms with Gasteiger partial charge < -0.3 is 25.2 Å². The Morgan fingerprint density at radius 1 is 1.05 bits per heavy atom. The van der Waals surface area contributed by atoms with Crippen molar-refractivity contribution >= 4 is 29.7 Å². The van der Waals surface area contributed by atoms with Crippen LogP contribution in [0.15, 0.2) is 41.8 Å². The van der Waals surface area contributed by atoms with Gasteiger partial charge in [0.05, 0.1) is 18.9 Å². The van der Waals surface area contributed by atoms with Crippen LogP contribution in [0.1, 0.15) is 36.8 Å². The normalized spacial score (nSPS) is 15.2. The monoisotopic (exact) mass is 539 g/mol. The topological polar surface area (TPSA) is 170 Å². The van der Waals surface area contributed by atoms with Gasteiger partial charge in [-0.05, 0) is 36.8 Å². The van der Waals surface area contributed by atoms with Crippen LogP contribution < -0.4 is 0 Å². The number of hydrogen-bond acceptors (Lipinski definition) is 9. The van der Waals surface area contributed by atoms with E-state index in [9.17, 15) is 18.8 Å². The molecular weight excluding hydrogens is 509 g/mol. The third-order valence-electron chi connectivity index (χ3n) is 5.36. The van der Waals surface area contributed by atoms with Crippen molar-refractivity contribution in [2.75, 3.05) is 19.4 Å². The molecule has 2 aromatic rings. The van der Waals surface area contributed by atoms with Crippen molar-refractivity contribution < 1.29 is 43.9 Å². The third-order valence-corrected chi connectivity index (χ3v) is 5.94. The van der Waals surface area contributed by atoms with Crippen LogP contribution in [-0.4, -0.2) is 84.3 Å². The molecule has 1 atom stereocenters. The summed E-state index contributed by atoms with van der Waals surface area (Å²) in [5, 5.41) is 34.6. The highest BCUT2D eigenvalue weighted by Gasteiger charge is 2.40. The lowest BCUT2D eigenvalue weighted by molar-refractivity contribution is -0.170. The molecule has 1 fully saturated rings. The Labute approximate surface area is 217 Å². The summed E-state index contributed by atoms with van der Waals surface area (Å²) in [6.45, 7) is 3.22. The van der Waals surface area contributed by atoms with Gasteiger partial charge in [-0.2, -0.15) is 0 Å². The standard InChI is InChI=1S/C18H22FN3OS.C6H8O7/c1-24-18-20-9-15(10-21-18)12-22(13-17-3-2-8-23-17)11-14-4-6-16(19)7-5-14;7-3(8)1-6(13,5(11)12)2-4(9)10/h4-7,9-10,17H,2-3,8,11-13H2,1H3;13H,1-2H2,(H,7,8)(H,9,10)(H,11,12). The number of aliphatic hydroxyl groups is 1. The maximum atomic E-state index is 13.1. The first-order valence-electron chi connectivity index (χ1n) is 11.3. The molecular formula is C24H30FN3O8S. The first kappa shape index (κ1) is 30.1. The molecule has 11 nitrogen and oxygen atoms in total. The average Bonchev–Trinajstić information content (AvgIpc) is 3.33. The van der Waals surface area contributed by atoms with Gasteiger partial charge in [-0.25, -0.2) is 19.2 Å². The van der Waals surface area contributed by atoms with Gasteiger partial charge in [-0.15, -0.1) is 0 Å². The van der Waals surface area contributed by atoms with Crippen LogP contribution in [0, 0.1) is 5.82 Å². The molecule has 0 aliphatic carbocycles. The number of carboxylic acid groups (broad SMARTS) is 3. The molecule has 3 rings (SSSR count). The lowest BCUT2D eigenvalue weighted by Crippen LogP contribution is -2.42. The zero-order valence-electron chi connectivity index (χ0n) is 20.2. The molecule has 2 heterocycles. The predicted molar refractivity (Wildman–Crippen MR) is 130 cm³/mol. The summed E-state index contributed by atoms with van der Waals surface area (Å²) in [6.07, 6.45) is 5.94. The van der Waals surface area contributed by atoms with E-state index < -0.39 is 36.4 Å². The number of aromatic nitrogens is 2. The molecule has 1 aliphatic rings. The minimum absolute atomic E-state index is 0.203. The van der Waals surface area contributed by atoms with E-state index in [1.807, 2.05) is 30.8 Å². The molecule has 0 bridgehead atoms. The zero-order valence-corrected chi connectivity index (χ0v) is 21.1. The fourth-order valence-electron chi connectivity index (χ4n) is 3.61. The van der Waals surface area contributed by atoms with Crippen molar-refractivity contribution in [1.29, 1.82) is 0 Å². The fourth-order valence-corrected chi connectivity index (χ4v) is 3.93. The number of hydrogen-bond donors (Lipinski definition) is 4. The fraction of sp³-hybridized carbons (Fsp3) is 0.458. The summed E-state index contributed by atoms with van der Waals surface area (Å²) in [7, 11) is 0. The Hall–Kier alpha value is -3.13. The van der Waals surface area contributed by atoms with Crippen molar-refractivity contribution in [1.82, 2.24) is 14.9 Å². The smallest absolute Gasteiger partial charge is 0.336 e. The van der Waals surface area contributed by atoms with Crippen molar-refractivity contribution in [3.05, 3.63) is 53.6 Å². The van der Waals surface area contributed by atoms with E-state index in [1.165, 1.54) is 23.9 Å². The first-order valence-corrected chi connectivity index (χ1v) is 12.6. The summed E-state index contributed by atoms with van der Waals surface area (Å²) in [4.78, 5) is 41.5. The number of thioether (sulfide) groups is 1. The number of carboxylic acids is 3. The van der Waals surface area contributed by atoms with Gasteiger partial charge in [0.1, 0.15) is 5.82 Å². The lowest BCUT2D eigenvalue weighted by Gasteiger charge is -2.25. The summed E-state index contributed by atoms with van der Waals surface area (Å²) < 4.78 is 18.9. The van der Waals surface area contributed by atoms with Crippen molar-refractivity contribution in [2.24, 2.45) is 0 Å². The second-order valence-corrected chi connectivity index (χ2v) is 9.26. The number of benzene rings is 1. The number of rotatable bonds is 12. The zero-order chi connectivity index (χ0) is 27.4. The molecule has 37 heavy (non-hydrogen) atoms. The first-order chi connectivity index (χ1) is 17.5. The van der Waals surface area contributed by atoms with Crippen molar-refractivity contribution in [2.45, 2.75) is 55.6 Å². The lowest BCUT2D eigenvalue weighted by atomic mass is 9.96. The highest BCUT2D eigenvalue weighted by atomic mass is 32.2. The SMILES string of the molecule is CSc1ncc(CN(Cc2ccc(F)cc2)CC2CCCO2)cn1.O=C(O)CC(O)(CC(=O)O)C(=O)O. The highest BCUT2D eigenvalue weighted by Crippen LogP contribution is 2.18. The van der Waals surface area contributed by atoms with Crippen LogP contribution in [0.3, 0.4) is 0 Å². The maximum absolute atomic E-state index is 13.1. The van der Waals surface area contributed by atoms with Gasteiger partial charge in [-0.3, -0.25) is 14.5 Å². The molecule has 0 radical (unpaired) electrons. The minimum Gasteiger partial charge on any atom is -0.481 e. The minimum atomic E-state index is -2.74. The number of halogens is 1. The van der Waals surface area contributed by atoms with Gasteiger partial charge in [0, 0.05) is 44.2 Å². The van der Waals surface area contributed by atoms with Crippen molar-refractivity contribution in [3.63, 3.8) is 0 Å². The molecule has 0 amide bonds. The number of carbonyl (C=O) groups is 3. The van der Waals surface area contributed by atoms with Crippen LogP contribution in [0.5, 0.6) is 0 Å². The molecule has 0 saturated carbocycles. The van der Waals surface area contributed by atoms with Gasteiger partial charge in [0.25, 0.3) is 0 Å². The third kappa shape index (κ3) is 10.8. The summed E-state index contributed by atoms with van der Waals surface area (Å²) in [5.74, 6) is -5.22. The van der Waals surface area contributed by atoms with Crippen LogP contribution >= 0.6 is 11.8 Å². The Balaban J connectivity index is 0.000000317. The second kappa shape index (κ2) is 14.6. The van der Waals surface area contributed by atoms with Gasteiger partial charge in [-0.1, -0.05) is 23.9 Å². The average molecular weight is 540 g/mol. The molecule has 13 heteroatoms. The van der Waals surface area contributed by atoms with E-state index in [4.69, 9.17) is 25.2 Å². The molecule has 1 unspecified atom stereocenters. The molecule has 1 saturated heterocycles. The summed E-state index contributed by atoms with van der Waals surface area (Å²) >= 11 is 1.54. The second-order valence-electron chi connectivity index (χ2n) is 8.49. The van der Waals surface area contributed by atoms with Crippen molar-refractivity contribution in [3.8, 4) is 0 Å². The molecule has 0 spiro atoms. The molecule has 202 valence electrons. The Bertz CT molecular complexity index is 1020. The molecule has 4 N–H and O–H groups in total. The Morgan fingerprint density at radius 3 is 2.08 bits per heavy atom. The van der Waals surface area contributed by atoms with E-state index >= 15 is 0 Å². The van der Waals surface area contributed by atoms with E-state index in [0.717, 1.165) is 55.4 Å². The van der Waals surface area contributed by atoms with Gasteiger partial charge >= 0.3 is 17.9 Å². The van der Waals surface area contributed by atoms with Gasteiger partial charge in [0.2, 0.25) is 0 Å². The largest absolute Gasteiger partial charge is 0.481 e. The summed E-state index contributed by atoms with van der Waals surface area (Å²) in [6, 6.07) is 6.70. The van der Waals surface area contributed by atoms with E-state index in [-0.39, 0.29) is 11.9 Å². The summed E-state index contributed by atoms with van der Waals surface area (Å²) in [5.41, 5.74) is -0.568. The Kier molecular flexibility index (Phi) is 11.9. The van der Waals surface area contributed by atoms with E-state index in [0.29, 0.717) is 0 Å². The number of aliphatic carboxylic acids is 3. The van der Waals surface area contributed by atoms with Gasteiger partial charge in [0.15, 0.2) is 10.8 Å². The van der Waals surface area contributed by atoms with E-state index in [2.05, 4.69) is 14.9 Å². The Morgan fingerprint density at radius 2 is 1.62 bits per heavy atom. The van der Waals surface area contributed by atoms with Crippen LogP contribution in [0.25, 0.3) is 0 Å². The van der Waals surface area contributed by atoms with Crippen LogP contribution in [0.2, 0.25) is 0 Å². The predicted octanol–water partition coefficient (Wildman–Crippen LogP) is 2.27. The molecule has 1 aromatic carbocycles.